The van der Waals surface area contributed by atoms with Crippen LogP contribution in [0.1, 0.15) is 31.9 Å². The summed E-state index contributed by atoms with van der Waals surface area (Å²) >= 11 is 0. The number of hydrogen-bond donors (Lipinski definition) is 1. The van der Waals surface area contributed by atoms with Crippen LogP contribution in [-0.2, 0) is 4.79 Å². The zero-order chi connectivity index (χ0) is 12.0. The van der Waals surface area contributed by atoms with E-state index in [0.717, 1.165) is 18.7 Å². The average Bonchev–Trinajstić information content (AvgIpc) is 2.31. The van der Waals surface area contributed by atoms with Crippen LogP contribution < -0.4 is 5.73 Å². The summed E-state index contributed by atoms with van der Waals surface area (Å²) in [4.78, 5) is 13.6. The van der Waals surface area contributed by atoms with E-state index in [-0.39, 0.29) is 11.9 Å². The van der Waals surface area contributed by atoms with E-state index in [0.29, 0.717) is 6.42 Å². The van der Waals surface area contributed by atoms with Crippen LogP contribution in [0.3, 0.4) is 0 Å². The third kappa shape index (κ3) is 3.35. The first kappa shape index (κ1) is 12.7. The fourth-order valence-electron chi connectivity index (χ4n) is 1.71. The summed E-state index contributed by atoms with van der Waals surface area (Å²) < 4.78 is 0. The Labute approximate surface area is 97.2 Å². The SMILES string of the molecule is CCN(CC)C(=O)CC(N)c1ccccc1. The summed E-state index contributed by atoms with van der Waals surface area (Å²) in [5.74, 6) is 0.126. The summed E-state index contributed by atoms with van der Waals surface area (Å²) in [5, 5.41) is 0. The normalized spacial score (nSPS) is 12.2. The fourth-order valence-corrected chi connectivity index (χ4v) is 1.71. The van der Waals surface area contributed by atoms with Gasteiger partial charge in [-0.15, -0.1) is 0 Å². The molecule has 0 aliphatic heterocycles. The number of carbonyl (C=O) groups is 1. The molecule has 1 aromatic rings. The van der Waals surface area contributed by atoms with Crippen LogP contribution >= 0.6 is 0 Å². The molecule has 0 saturated heterocycles. The second kappa shape index (κ2) is 6.28. The maximum atomic E-state index is 11.8. The lowest BCUT2D eigenvalue weighted by Gasteiger charge is -2.21. The third-order valence-corrected chi connectivity index (χ3v) is 2.74. The molecule has 0 spiro atoms. The van der Waals surface area contributed by atoms with E-state index >= 15 is 0 Å². The Balaban J connectivity index is 2.58. The second-order valence-electron chi connectivity index (χ2n) is 3.79. The van der Waals surface area contributed by atoms with Gasteiger partial charge >= 0.3 is 0 Å². The zero-order valence-corrected chi connectivity index (χ0v) is 10.0. The molecule has 1 amide bonds. The highest BCUT2D eigenvalue weighted by Gasteiger charge is 2.15. The largest absolute Gasteiger partial charge is 0.343 e. The van der Waals surface area contributed by atoms with Gasteiger partial charge in [0.15, 0.2) is 0 Å². The van der Waals surface area contributed by atoms with Gasteiger partial charge < -0.3 is 10.6 Å². The molecule has 0 aliphatic carbocycles. The van der Waals surface area contributed by atoms with Crippen molar-refractivity contribution >= 4 is 5.91 Å². The van der Waals surface area contributed by atoms with E-state index in [4.69, 9.17) is 5.73 Å². The number of nitrogens with two attached hydrogens (primary N) is 1. The number of rotatable bonds is 5. The standard InChI is InChI=1S/C13H20N2O/c1-3-15(4-2)13(16)10-12(14)11-8-6-5-7-9-11/h5-9,12H,3-4,10,14H2,1-2H3. The van der Waals surface area contributed by atoms with Crippen LogP contribution in [-0.4, -0.2) is 23.9 Å². The first-order valence-corrected chi connectivity index (χ1v) is 5.77. The Hall–Kier alpha value is -1.35. The van der Waals surface area contributed by atoms with Crippen molar-refractivity contribution in [2.45, 2.75) is 26.3 Å². The van der Waals surface area contributed by atoms with Crippen LogP contribution in [0.25, 0.3) is 0 Å². The number of nitrogens with zero attached hydrogens (tertiary/aromatic N) is 1. The van der Waals surface area contributed by atoms with Gasteiger partial charge in [-0.1, -0.05) is 30.3 Å². The maximum absolute atomic E-state index is 11.8. The average molecular weight is 220 g/mol. The van der Waals surface area contributed by atoms with Gasteiger partial charge in [0, 0.05) is 25.6 Å². The number of carbonyl (C=O) groups excluding carboxylic acids is 1. The Morgan fingerprint density at radius 3 is 2.31 bits per heavy atom. The minimum absolute atomic E-state index is 0.126. The highest BCUT2D eigenvalue weighted by atomic mass is 16.2. The Morgan fingerprint density at radius 1 is 1.25 bits per heavy atom. The molecule has 0 bridgehead atoms. The van der Waals surface area contributed by atoms with E-state index in [9.17, 15) is 4.79 Å². The van der Waals surface area contributed by atoms with Gasteiger partial charge in [0.2, 0.25) is 5.91 Å². The topological polar surface area (TPSA) is 46.3 Å². The molecule has 88 valence electrons. The van der Waals surface area contributed by atoms with E-state index in [1.165, 1.54) is 0 Å². The summed E-state index contributed by atoms with van der Waals surface area (Å²) in [6.45, 7) is 5.46. The van der Waals surface area contributed by atoms with Crippen molar-refractivity contribution in [2.24, 2.45) is 5.73 Å². The lowest BCUT2D eigenvalue weighted by Crippen LogP contribution is -2.32. The predicted octanol–water partition coefficient (Wildman–Crippen LogP) is 1.94. The third-order valence-electron chi connectivity index (χ3n) is 2.74. The number of amides is 1. The smallest absolute Gasteiger partial charge is 0.224 e. The first-order chi connectivity index (χ1) is 7.69. The Kier molecular flexibility index (Phi) is 4.99. The summed E-state index contributed by atoms with van der Waals surface area (Å²) in [7, 11) is 0. The molecule has 3 nitrogen and oxygen atoms in total. The molecule has 16 heavy (non-hydrogen) atoms. The highest BCUT2D eigenvalue weighted by Crippen LogP contribution is 2.14. The minimum Gasteiger partial charge on any atom is -0.343 e. The van der Waals surface area contributed by atoms with Crippen LogP contribution in [0.2, 0.25) is 0 Å². The van der Waals surface area contributed by atoms with Crippen molar-refractivity contribution in [1.29, 1.82) is 0 Å². The summed E-state index contributed by atoms with van der Waals surface area (Å²) in [5.41, 5.74) is 7.01. The van der Waals surface area contributed by atoms with Crippen molar-refractivity contribution in [1.82, 2.24) is 4.90 Å². The molecule has 0 aromatic heterocycles. The minimum atomic E-state index is -0.200. The predicted molar refractivity (Wildman–Crippen MR) is 65.9 cm³/mol. The zero-order valence-electron chi connectivity index (χ0n) is 10.0. The maximum Gasteiger partial charge on any atom is 0.224 e. The quantitative estimate of drug-likeness (QED) is 0.824. The van der Waals surface area contributed by atoms with Crippen molar-refractivity contribution in [3.8, 4) is 0 Å². The van der Waals surface area contributed by atoms with Gasteiger partial charge in [-0.25, -0.2) is 0 Å². The molecule has 2 N–H and O–H groups in total. The Morgan fingerprint density at radius 2 is 1.81 bits per heavy atom. The van der Waals surface area contributed by atoms with Crippen LogP contribution in [0.4, 0.5) is 0 Å². The number of benzene rings is 1. The highest BCUT2D eigenvalue weighted by molar-refractivity contribution is 5.76. The van der Waals surface area contributed by atoms with Crippen LogP contribution in [0, 0.1) is 0 Å². The molecular formula is C13H20N2O. The molecule has 0 heterocycles. The van der Waals surface area contributed by atoms with Crippen molar-refractivity contribution in [2.75, 3.05) is 13.1 Å². The van der Waals surface area contributed by atoms with Gasteiger partial charge in [-0.2, -0.15) is 0 Å². The molecule has 1 aromatic carbocycles. The molecule has 1 atom stereocenters. The fraction of sp³-hybridized carbons (Fsp3) is 0.462. The summed E-state index contributed by atoms with van der Waals surface area (Å²) in [6, 6.07) is 9.55. The lowest BCUT2D eigenvalue weighted by atomic mass is 10.0. The van der Waals surface area contributed by atoms with E-state index in [1.807, 2.05) is 49.1 Å². The Bertz CT molecular complexity index is 320. The van der Waals surface area contributed by atoms with Gasteiger partial charge in [0.1, 0.15) is 0 Å². The van der Waals surface area contributed by atoms with Crippen LogP contribution in [0.5, 0.6) is 0 Å². The van der Waals surface area contributed by atoms with Crippen molar-refractivity contribution in [3.05, 3.63) is 35.9 Å². The van der Waals surface area contributed by atoms with Gasteiger partial charge in [0.25, 0.3) is 0 Å². The summed E-state index contributed by atoms with van der Waals surface area (Å²) in [6.07, 6.45) is 0.381. The molecule has 0 aliphatic rings. The van der Waals surface area contributed by atoms with Crippen molar-refractivity contribution in [3.63, 3.8) is 0 Å². The van der Waals surface area contributed by atoms with Gasteiger partial charge in [0.05, 0.1) is 0 Å². The molecular weight excluding hydrogens is 200 g/mol. The van der Waals surface area contributed by atoms with E-state index in [2.05, 4.69) is 0 Å². The van der Waals surface area contributed by atoms with E-state index < -0.39 is 0 Å². The molecule has 0 saturated carbocycles. The molecule has 1 rings (SSSR count). The molecule has 0 fully saturated rings. The number of hydrogen-bond acceptors (Lipinski definition) is 2. The van der Waals surface area contributed by atoms with Crippen molar-refractivity contribution < 1.29 is 4.79 Å². The molecule has 3 heteroatoms. The van der Waals surface area contributed by atoms with Gasteiger partial charge in [-0.05, 0) is 19.4 Å². The first-order valence-electron chi connectivity index (χ1n) is 5.77. The molecule has 1 unspecified atom stereocenters. The van der Waals surface area contributed by atoms with Crippen LogP contribution in [0.15, 0.2) is 30.3 Å². The van der Waals surface area contributed by atoms with Gasteiger partial charge in [-0.3, -0.25) is 4.79 Å². The lowest BCUT2D eigenvalue weighted by molar-refractivity contribution is -0.131. The second-order valence-corrected chi connectivity index (χ2v) is 3.79. The molecule has 0 radical (unpaired) electrons. The monoisotopic (exact) mass is 220 g/mol. The van der Waals surface area contributed by atoms with E-state index in [1.54, 1.807) is 0 Å².